The SMILES string of the molecule is CC(=O)c1ccc(NC(=O)[C@@H]2CC(=O)N(Cc3ccc(C)cc3)C2)cc1. The van der Waals surface area contributed by atoms with E-state index in [0.717, 1.165) is 5.56 Å². The Morgan fingerprint density at radius 1 is 1.08 bits per heavy atom. The minimum atomic E-state index is -0.361. The van der Waals surface area contributed by atoms with Crippen LogP contribution in [0.3, 0.4) is 0 Å². The summed E-state index contributed by atoms with van der Waals surface area (Å²) in [5.41, 5.74) is 3.46. The highest BCUT2D eigenvalue weighted by atomic mass is 16.2. The topological polar surface area (TPSA) is 66.5 Å². The van der Waals surface area contributed by atoms with Crippen molar-refractivity contribution < 1.29 is 14.4 Å². The quantitative estimate of drug-likeness (QED) is 0.842. The molecule has 0 saturated carbocycles. The Balaban J connectivity index is 1.59. The van der Waals surface area contributed by atoms with Gasteiger partial charge in [0.1, 0.15) is 0 Å². The zero-order valence-electron chi connectivity index (χ0n) is 15.0. The maximum absolute atomic E-state index is 12.5. The Kier molecular flexibility index (Phi) is 5.16. The molecule has 3 rings (SSSR count). The van der Waals surface area contributed by atoms with Gasteiger partial charge in [-0.3, -0.25) is 14.4 Å². The first kappa shape index (κ1) is 17.9. The van der Waals surface area contributed by atoms with Gasteiger partial charge in [0.25, 0.3) is 0 Å². The number of ketones is 1. The fraction of sp³-hybridized carbons (Fsp3) is 0.286. The lowest BCUT2D eigenvalue weighted by molar-refractivity contribution is -0.128. The van der Waals surface area contributed by atoms with Crippen LogP contribution in [0.15, 0.2) is 48.5 Å². The van der Waals surface area contributed by atoms with Crippen LogP contribution >= 0.6 is 0 Å². The number of anilines is 1. The van der Waals surface area contributed by atoms with Crippen LogP contribution in [-0.4, -0.2) is 29.0 Å². The van der Waals surface area contributed by atoms with Gasteiger partial charge in [0.2, 0.25) is 11.8 Å². The molecule has 0 spiro atoms. The van der Waals surface area contributed by atoms with Crippen LogP contribution in [0.5, 0.6) is 0 Å². The molecule has 0 aromatic heterocycles. The normalized spacial score (nSPS) is 16.6. The van der Waals surface area contributed by atoms with E-state index in [1.807, 2.05) is 31.2 Å². The third-order valence-electron chi connectivity index (χ3n) is 4.64. The van der Waals surface area contributed by atoms with Gasteiger partial charge in [-0.25, -0.2) is 0 Å². The summed E-state index contributed by atoms with van der Waals surface area (Å²) in [5.74, 6) is -0.547. The average Bonchev–Trinajstić information content (AvgIpc) is 2.98. The number of hydrogen-bond donors (Lipinski definition) is 1. The third-order valence-corrected chi connectivity index (χ3v) is 4.64. The Morgan fingerprint density at radius 2 is 1.73 bits per heavy atom. The molecule has 0 aliphatic carbocycles. The lowest BCUT2D eigenvalue weighted by Crippen LogP contribution is -2.28. The number of rotatable bonds is 5. The molecular formula is C21H22N2O3. The summed E-state index contributed by atoms with van der Waals surface area (Å²) >= 11 is 0. The fourth-order valence-corrected chi connectivity index (χ4v) is 3.05. The third kappa shape index (κ3) is 4.17. The number of amides is 2. The molecular weight excluding hydrogens is 328 g/mol. The van der Waals surface area contributed by atoms with Gasteiger partial charge in [0.05, 0.1) is 5.92 Å². The van der Waals surface area contributed by atoms with Gasteiger partial charge in [-0.05, 0) is 43.7 Å². The van der Waals surface area contributed by atoms with E-state index >= 15 is 0 Å². The standard InChI is InChI=1S/C21H22N2O3/c1-14-3-5-16(6-4-14)12-23-13-18(11-20(23)25)21(26)22-19-9-7-17(8-10-19)15(2)24/h3-10,18H,11-13H2,1-2H3,(H,22,26)/t18-/m1/s1. The minimum Gasteiger partial charge on any atom is -0.338 e. The maximum atomic E-state index is 12.5. The summed E-state index contributed by atoms with van der Waals surface area (Å²) in [6.45, 7) is 4.47. The summed E-state index contributed by atoms with van der Waals surface area (Å²) in [6.07, 6.45) is 0.225. The molecule has 1 N–H and O–H groups in total. The Morgan fingerprint density at radius 3 is 2.35 bits per heavy atom. The monoisotopic (exact) mass is 350 g/mol. The van der Waals surface area contributed by atoms with Gasteiger partial charge >= 0.3 is 0 Å². The summed E-state index contributed by atoms with van der Waals surface area (Å²) < 4.78 is 0. The van der Waals surface area contributed by atoms with Crippen molar-refractivity contribution in [2.45, 2.75) is 26.8 Å². The van der Waals surface area contributed by atoms with E-state index in [1.54, 1.807) is 29.2 Å². The lowest BCUT2D eigenvalue weighted by atomic mass is 10.1. The fourth-order valence-electron chi connectivity index (χ4n) is 3.05. The molecule has 1 heterocycles. The first-order chi connectivity index (χ1) is 12.4. The predicted octanol–water partition coefficient (Wildman–Crippen LogP) is 3.18. The summed E-state index contributed by atoms with van der Waals surface area (Å²) in [7, 11) is 0. The number of carbonyl (C=O) groups is 3. The van der Waals surface area contributed by atoms with Crippen LogP contribution in [0, 0.1) is 12.8 Å². The summed E-state index contributed by atoms with van der Waals surface area (Å²) in [5, 5.41) is 2.83. The van der Waals surface area contributed by atoms with Gasteiger partial charge in [-0.15, -0.1) is 0 Å². The molecule has 134 valence electrons. The minimum absolute atomic E-state index is 0.00217. The van der Waals surface area contributed by atoms with Crippen LogP contribution < -0.4 is 5.32 Å². The largest absolute Gasteiger partial charge is 0.338 e. The number of nitrogens with zero attached hydrogens (tertiary/aromatic N) is 1. The molecule has 0 unspecified atom stereocenters. The molecule has 26 heavy (non-hydrogen) atoms. The molecule has 1 fully saturated rings. The van der Waals surface area contributed by atoms with Crippen LogP contribution in [0.4, 0.5) is 5.69 Å². The molecule has 0 bridgehead atoms. The molecule has 2 aromatic rings. The molecule has 2 amide bonds. The molecule has 1 aliphatic rings. The second-order valence-electron chi connectivity index (χ2n) is 6.78. The van der Waals surface area contributed by atoms with Gasteiger partial charge in [-0.2, -0.15) is 0 Å². The highest BCUT2D eigenvalue weighted by Gasteiger charge is 2.34. The Labute approximate surface area is 153 Å². The number of Topliss-reactive ketones (excluding diaryl/α,β-unsaturated/α-hetero) is 1. The van der Waals surface area contributed by atoms with Gasteiger partial charge in [-0.1, -0.05) is 29.8 Å². The zero-order chi connectivity index (χ0) is 18.7. The number of benzene rings is 2. The van der Waals surface area contributed by atoms with Crippen LogP contribution in [-0.2, 0) is 16.1 Å². The van der Waals surface area contributed by atoms with Gasteiger partial charge in [0.15, 0.2) is 5.78 Å². The highest BCUT2D eigenvalue weighted by molar-refractivity contribution is 5.98. The van der Waals surface area contributed by atoms with Crippen LogP contribution in [0.25, 0.3) is 0 Å². The van der Waals surface area contributed by atoms with Crippen molar-refractivity contribution in [2.75, 3.05) is 11.9 Å². The van der Waals surface area contributed by atoms with Crippen molar-refractivity contribution in [3.05, 3.63) is 65.2 Å². The van der Waals surface area contributed by atoms with E-state index in [4.69, 9.17) is 0 Å². The van der Waals surface area contributed by atoms with E-state index in [2.05, 4.69) is 5.32 Å². The van der Waals surface area contributed by atoms with Gasteiger partial charge < -0.3 is 10.2 Å². The predicted molar refractivity (Wildman–Crippen MR) is 99.8 cm³/mol. The van der Waals surface area contributed by atoms with Crippen molar-refractivity contribution in [1.82, 2.24) is 4.90 Å². The lowest BCUT2D eigenvalue weighted by Gasteiger charge is -2.17. The molecule has 2 aromatic carbocycles. The molecule has 5 heteroatoms. The first-order valence-corrected chi connectivity index (χ1v) is 8.67. The molecule has 0 radical (unpaired) electrons. The van der Waals surface area contributed by atoms with Crippen molar-refractivity contribution in [3.8, 4) is 0 Å². The second-order valence-corrected chi connectivity index (χ2v) is 6.78. The van der Waals surface area contributed by atoms with E-state index in [0.29, 0.717) is 24.3 Å². The van der Waals surface area contributed by atoms with Crippen molar-refractivity contribution in [1.29, 1.82) is 0 Å². The zero-order valence-corrected chi connectivity index (χ0v) is 15.0. The summed E-state index contributed by atoms with van der Waals surface area (Å²) in [6, 6.07) is 14.8. The average molecular weight is 350 g/mol. The van der Waals surface area contributed by atoms with E-state index in [1.165, 1.54) is 12.5 Å². The van der Waals surface area contributed by atoms with Crippen molar-refractivity contribution in [2.24, 2.45) is 5.92 Å². The summed E-state index contributed by atoms with van der Waals surface area (Å²) in [4.78, 5) is 37.7. The second kappa shape index (κ2) is 7.52. The Bertz CT molecular complexity index is 825. The molecule has 1 aliphatic heterocycles. The van der Waals surface area contributed by atoms with E-state index < -0.39 is 0 Å². The molecule has 1 saturated heterocycles. The number of aryl methyl sites for hydroxylation is 1. The van der Waals surface area contributed by atoms with E-state index in [-0.39, 0.29) is 29.9 Å². The maximum Gasteiger partial charge on any atom is 0.229 e. The first-order valence-electron chi connectivity index (χ1n) is 8.67. The van der Waals surface area contributed by atoms with Crippen molar-refractivity contribution in [3.63, 3.8) is 0 Å². The van der Waals surface area contributed by atoms with Crippen molar-refractivity contribution >= 4 is 23.3 Å². The smallest absolute Gasteiger partial charge is 0.229 e. The van der Waals surface area contributed by atoms with Crippen LogP contribution in [0.1, 0.15) is 34.8 Å². The van der Waals surface area contributed by atoms with E-state index in [9.17, 15) is 14.4 Å². The Hall–Kier alpha value is -2.95. The number of hydrogen-bond acceptors (Lipinski definition) is 3. The molecule has 5 nitrogen and oxygen atoms in total. The number of nitrogens with one attached hydrogen (secondary N) is 1. The van der Waals surface area contributed by atoms with Gasteiger partial charge in [0, 0.05) is 30.8 Å². The molecule has 1 atom stereocenters. The highest BCUT2D eigenvalue weighted by Crippen LogP contribution is 2.22. The number of carbonyl (C=O) groups excluding carboxylic acids is 3. The number of likely N-dealkylation sites (tertiary alicyclic amines) is 1. The van der Waals surface area contributed by atoms with Crippen LogP contribution in [0.2, 0.25) is 0 Å².